The molecule has 6 nitrogen and oxygen atoms in total. The van der Waals surface area contributed by atoms with Crippen molar-refractivity contribution in [3.05, 3.63) is 59.1 Å². The molecule has 0 aliphatic carbocycles. The molecule has 1 heterocycles. The number of benzene rings is 2. The quantitative estimate of drug-likeness (QED) is 0.768. The number of urea groups is 1. The largest absolute Gasteiger partial charge is 0.324 e. The minimum atomic E-state index is -3.59. The van der Waals surface area contributed by atoms with Gasteiger partial charge in [-0.05, 0) is 53.0 Å². The Hall–Kier alpha value is -1.90. The summed E-state index contributed by atoms with van der Waals surface area (Å²) in [4.78, 5) is 14.2. The van der Waals surface area contributed by atoms with Crippen LogP contribution in [-0.4, -0.2) is 38.5 Å². The van der Waals surface area contributed by atoms with Crippen LogP contribution in [0.1, 0.15) is 12.8 Å². The molecule has 1 aliphatic heterocycles. The summed E-state index contributed by atoms with van der Waals surface area (Å²) in [5.41, 5.74) is 0.745. The normalized spacial score (nSPS) is 15.7. The van der Waals surface area contributed by atoms with E-state index in [4.69, 9.17) is 0 Å². The van der Waals surface area contributed by atoms with E-state index in [0.29, 0.717) is 30.4 Å². The summed E-state index contributed by atoms with van der Waals surface area (Å²) in [5.74, 6) is 0. The molecule has 0 saturated carbocycles. The number of sulfonamides is 1. The van der Waals surface area contributed by atoms with Gasteiger partial charge in [-0.15, -0.1) is 0 Å². The number of carbonyl (C=O) groups is 1. The van der Waals surface area contributed by atoms with Gasteiger partial charge in [-0.2, -0.15) is 0 Å². The van der Waals surface area contributed by atoms with Crippen LogP contribution < -0.4 is 10.0 Å². The van der Waals surface area contributed by atoms with Crippen LogP contribution >= 0.6 is 15.9 Å². The van der Waals surface area contributed by atoms with Gasteiger partial charge in [0.2, 0.25) is 10.0 Å². The topological polar surface area (TPSA) is 78.5 Å². The van der Waals surface area contributed by atoms with Crippen molar-refractivity contribution in [3.63, 3.8) is 0 Å². The molecule has 0 aromatic heterocycles. The summed E-state index contributed by atoms with van der Waals surface area (Å²) in [7, 11) is -3.59. The maximum Gasteiger partial charge on any atom is 0.321 e. The summed E-state index contributed by atoms with van der Waals surface area (Å²) in [6, 6.07) is 15.6. The van der Waals surface area contributed by atoms with Gasteiger partial charge in [0.25, 0.3) is 0 Å². The third kappa shape index (κ3) is 4.63. The molecule has 2 aromatic carbocycles. The number of hydrogen-bond acceptors (Lipinski definition) is 3. The van der Waals surface area contributed by atoms with Crippen LogP contribution in [0.25, 0.3) is 0 Å². The second-order valence-electron chi connectivity index (χ2n) is 6.11. The fourth-order valence-electron chi connectivity index (χ4n) is 2.87. The van der Waals surface area contributed by atoms with Gasteiger partial charge in [0.15, 0.2) is 0 Å². The molecule has 0 unspecified atom stereocenters. The summed E-state index contributed by atoms with van der Waals surface area (Å²) < 4.78 is 28.4. The zero-order valence-corrected chi connectivity index (χ0v) is 16.5. The summed E-state index contributed by atoms with van der Waals surface area (Å²) in [6.45, 7) is 1.00. The van der Waals surface area contributed by atoms with Crippen LogP contribution in [0.3, 0.4) is 0 Å². The lowest BCUT2D eigenvalue weighted by molar-refractivity contribution is 0.193. The molecule has 26 heavy (non-hydrogen) atoms. The molecule has 0 bridgehead atoms. The van der Waals surface area contributed by atoms with Crippen molar-refractivity contribution < 1.29 is 13.2 Å². The number of piperidine rings is 1. The number of likely N-dealkylation sites (tertiary alicyclic amines) is 1. The third-order valence-electron chi connectivity index (χ3n) is 4.26. The first-order valence-electron chi connectivity index (χ1n) is 8.33. The Morgan fingerprint density at radius 1 is 1.00 bits per heavy atom. The first-order chi connectivity index (χ1) is 12.5. The molecule has 0 atom stereocenters. The molecule has 8 heteroatoms. The molecular weight excluding hydrogens is 418 g/mol. The SMILES string of the molecule is O=C(Nc1ccccc1)N1CCC(NS(=O)(=O)c2ccccc2Br)CC1. The monoisotopic (exact) mass is 437 g/mol. The molecule has 1 saturated heterocycles. The van der Waals surface area contributed by atoms with Crippen LogP contribution in [0.15, 0.2) is 64.0 Å². The summed E-state index contributed by atoms with van der Waals surface area (Å²) in [5, 5.41) is 2.85. The zero-order chi connectivity index (χ0) is 18.6. The van der Waals surface area contributed by atoms with E-state index < -0.39 is 10.0 Å². The maximum atomic E-state index is 12.5. The fraction of sp³-hybridized carbons (Fsp3) is 0.278. The van der Waals surface area contributed by atoms with Crippen LogP contribution in [-0.2, 0) is 10.0 Å². The molecule has 3 rings (SSSR count). The second-order valence-corrected chi connectivity index (χ2v) is 8.65. The van der Waals surface area contributed by atoms with Crippen molar-refractivity contribution in [3.8, 4) is 0 Å². The molecule has 1 aliphatic rings. The Morgan fingerprint density at radius 2 is 1.62 bits per heavy atom. The lowest BCUT2D eigenvalue weighted by Crippen LogP contribution is -2.47. The molecule has 1 fully saturated rings. The summed E-state index contributed by atoms with van der Waals surface area (Å²) in [6.07, 6.45) is 1.15. The molecule has 0 radical (unpaired) electrons. The third-order valence-corrected chi connectivity index (χ3v) is 6.79. The van der Waals surface area contributed by atoms with E-state index in [0.717, 1.165) is 5.69 Å². The van der Waals surface area contributed by atoms with Gasteiger partial charge >= 0.3 is 6.03 Å². The Labute approximate surface area is 161 Å². The Bertz CT molecular complexity index is 866. The predicted molar refractivity (Wildman–Crippen MR) is 105 cm³/mol. The van der Waals surface area contributed by atoms with Crippen molar-refractivity contribution in [2.24, 2.45) is 0 Å². The highest BCUT2D eigenvalue weighted by Gasteiger charge is 2.27. The highest BCUT2D eigenvalue weighted by atomic mass is 79.9. The number of nitrogens with one attached hydrogen (secondary N) is 2. The van der Waals surface area contributed by atoms with Crippen molar-refractivity contribution >= 4 is 37.7 Å². The van der Waals surface area contributed by atoms with E-state index in [-0.39, 0.29) is 17.0 Å². The van der Waals surface area contributed by atoms with Crippen LogP contribution in [0.2, 0.25) is 0 Å². The molecule has 2 amide bonds. The molecule has 2 N–H and O–H groups in total. The van der Waals surface area contributed by atoms with E-state index in [1.54, 1.807) is 29.2 Å². The Balaban J connectivity index is 1.55. The van der Waals surface area contributed by atoms with Gasteiger partial charge in [0.05, 0.1) is 4.90 Å². The van der Waals surface area contributed by atoms with E-state index >= 15 is 0 Å². The lowest BCUT2D eigenvalue weighted by Gasteiger charge is -2.32. The highest BCUT2D eigenvalue weighted by Crippen LogP contribution is 2.22. The number of hydrogen-bond donors (Lipinski definition) is 2. The predicted octanol–water partition coefficient (Wildman–Crippen LogP) is 3.42. The number of para-hydroxylation sites is 1. The number of anilines is 1. The number of halogens is 1. The minimum absolute atomic E-state index is 0.164. The van der Waals surface area contributed by atoms with E-state index in [9.17, 15) is 13.2 Å². The first kappa shape index (κ1) is 18.9. The van der Waals surface area contributed by atoms with Crippen LogP contribution in [0, 0.1) is 0 Å². The highest BCUT2D eigenvalue weighted by molar-refractivity contribution is 9.10. The van der Waals surface area contributed by atoms with Crippen LogP contribution in [0.5, 0.6) is 0 Å². The number of rotatable bonds is 4. The van der Waals surface area contributed by atoms with Gasteiger partial charge in [0, 0.05) is 29.3 Å². The molecule has 0 spiro atoms. The standard InChI is InChI=1S/C18H20BrN3O3S/c19-16-8-4-5-9-17(16)26(24,25)21-15-10-12-22(13-11-15)18(23)20-14-6-2-1-3-7-14/h1-9,15,21H,10-13H2,(H,20,23). The Kier molecular flexibility index (Phi) is 5.95. The number of nitrogens with zero attached hydrogens (tertiary/aromatic N) is 1. The fourth-order valence-corrected chi connectivity index (χ4v) is 5.18. The van der Waals surface area contributed by atoms with Gasteiger partial charge in [-0.3, -0.25) is 0 Å². The van der Waals surface area contributed by atoms with Gasteiger partial charge < -0.3 is 10.2 Å². The second kappa shape index (κ2) is 8.20. The van der Waals surface area contributed by atoms with E-state index in [1.807, 2.05) is 30.3 Å². The van der Waals surface area contributed by atoms with E-state index in [1.165, 1.54) is 0 Å². The average molecular weight is 438 g/mol. The van der Waals surface area contributed by atoms with Crippen molar-refractivity contribution in [2.45, 2.75) is 23.8 Å². The molecule has 138 valence electrons. The van der Waals surface area contributed by atoms with Gasteiger partial charge in [0.1, 0.15) is 0 Å². The van der Waals surface area contributed by atoms with Crippen molar-refractivity contribution in [1.82, 2.24) is 9.62 Å². The van der Waals surface area contributed by atoms with Crippen molar-refractivity contribution in [1.29, 1.82) is 0 Å². The first-order valence-corrected chi connectivity index (χ1v) is 10.6. The average Bonchev–Trinajstić information content (AvgIpc) is 2.63. The number of carbonyl (C=O) groups excluding carboxylic acids is 1. The van der Waals surface area contributed by atoms with Crippen molar-refractivity contribution in [2.75, 3.05) is 18.4 Å². The minimum Gasteiger partial charge on any atom is -0.324 e. The molecule has 2 aromatic rings. The number of amides is 2. The zero-order valence-electron chi connectivity index (χ0n) is 14.1. The lowest BCUT2D eigenvalue weighted by atomic mass is 10.1. The van der Waals surface area contributed by atoms with Gasteiger partial charge in [-0.1, -0.05) is 30.3 Å². The van der Waals surface area contributed by atoms with Gasteiger partial charge in [-0.25, -0.2) is 17.9 Å². The summed E-state index contributed by atoms with van der Waals surface area (Å²) >= 11 is 3.28. The van der Waals surface area contributed by atoms with E-state index in [2.05, 4.69) is 26.0 Å². The molecular formula is C18H20BrN3O3S. The Morgan fingerprint density at radius 3 is 2.27 bits per heavy atom. The maximum absolute atomic E-state index is 12.5. The smallest absolute Gasteiger partial charge is 0.321 e. The van der Waals surface area contributed by atoms with Crippen LogP contribution in [0.4, 0.5) is 10.5 Å².